The molecule has 1 saturated heterocycles. The summed E-state index contributed by atoms with van der Waals surface area (Å²) in [6, 6.07) is 0. The third-order valence-electron chi connectivity index (χ3n) is 2.88. The van der Waals surface area contributed by atoms with Crippen molar-refractivity contribution in [3.05, 3.63) is 18.9 Å². The van der Waals surface area contributed by atoms with Crippen molar-refractivity contribution in [3.63, 3.8) is 0 Å². The van der Waals surface area contributed by atoms with Crippen LogP contribution in [0.1, 0.15) is 12.6 Å². The Balaban J connectivity index is 1.99. The Bertz CT molecular complexity index is 529. The van der Waals surface area contributed by atoms with Crippen molar-refractivity contribution in [2.45, 2.75) is 24.9 Å². The average molecular weight is 236 g/mol. The molecule has 0 bridgehead atoms. The molecule has 0 unspecified atom stereocenters. The van der Waals surface area contributed by atoms with Gasteiger partial charge in [0.05, 0.1) is 25.2 Å². The van der Waals surface area contributed by atoms with Crippen LogP contribution in [0.3, 0.4) is 0 Å². The number of nitrogens with zero attached hydrogens (tertiary/aromatic N) is 4. The molecule has 1 aliphatic rings. The maximum atomic E-state index is 9.89. The van der Waals surface area contributed by atoms with Crippen molar-refractivity contribution in [2.24, 2.45) is 0 Å². The van der Waals surface area contributed by atoms with Crippen LogP contribution >= 0.6 is 0 Å². The molecule has 2 aromatic heterocycles. The van der Waals surface area contributed by atoms with Crippen LogP contribution < -0.4 is 0 Å². The maximum Gasteiger partial charge on any atom is 0.165 e. The van der Waals surface area contributed by atoms with Gasteiger partial charge in [0.15, 0.2) is 11.9 Å². The van der Waals surface area contributed by atoms with Gasteiger partial charge in [0.25, 0.3) is 0 Å². The largest absolute Gasteiger partial charge is 0.394 e. The molecule has 7 heteroatoms. The lowest BCUT2D eigenvalue weighted by molar-refractivity contribution is -0.0486. The molecular formula is C10H12N4O3. The number of ether oxygens (including phenoxy) is 1. The second kappa shape index (κ2) is 4.02. The van der Waals surface area contributed by atoms with Gasteiger partial charge in [-0.05, 0) is 0 Å². The van der Waals surface area contributed by atoms with Crippen molar-refractivity contribution in [3.8, 4) is 0 Å². The standard InChI is InChI=1S/C10H12N4O3/c15-3-6-1-8(16)10(17-6)14-5-13-7-2-11-4-12-9(7)14/h2,4-6,8,10,15-16H,1,3H2/t6-,8-,10+/m0/s1. The van der Waals surface area contributed by atoms with E-state index in [1.54, 1.807) is 17.1 Å². The van der Waals surface area contributed by atoms with Crippen molar-refractivity contribution in [2.75, 3.05) is 6.61 Å². The first-order chi connectivity index (χ1) is 8.29. The number of hydrogen-bond acceptors (Lipinski definition) is 6. The fourth-order valence-corrected chi connectivity index (χ4v) is 2.07. The Morgan fingerprint density at radius 1 is 1.47 bits per heavy atom. The smallest absolute Gasteiger partial charge is 0.165 e. The molecule has 3 atom stereocenters. The summed E-state index contributed by atoms with van der Waals surface area (Å²) in [7, 11) is 0. The minimum atomic E-state index is -0.667. The normalized spacial score (nSPS) is 28.9. The molecule has 3 heterocycles. The predicted molar refractivity (Wildman–Crippen MR) is 56.9 cm³/mol. The van der Waals surface area contributed by atoms with Crippen LogP contribution in [0.4, 0.5) is 0 Å². The van der Waals surface area contributed by atoms with Crippen molar-refractivity contribution in [1.82, 2.24) is 19.5 Å². The molecule has 0 aromatic carbocycles. The predicted octanol–water partition coefficient (Wildman–Crippen LogP) is -0.533. The number of imidazole rings is 1. The number of hydrogen-bond donors (Lipinski definition) is 2. The first-order valence-corrected chi connectivity index (χ1v) is 5.36. The molecule has 0 radical (unpaired) electrons. The van der Waals surface area contributed by atoms with Crippen LogP contribution in [0.2, 0.25) is 0 Å². The highest BCUT2D eigenvalue weighted by molar-refractivity contribution is 5.68. The van der Waals surface area contributed by atoms with Crippen molar-refractivity contribution in [1.29, 1.82) is 0 Å². The third kappa shape index (κ3) is 1.68. The van der Waals surface area contributed by atoms with E-state index in [0.717, 1.165) is 0 Å². The van der Waals surface area contributed by atoms with E-state index in [-0.39, 0.29) is 12.7 Å². The Morgan fingerprint density at radius 2 is 2.35 bits per heavy atom. The minimum Gasteiger partial charge on any atom is -0.394 e. The van der Waals surface area contributed by atoms with E-state index < -0.39 is 12.3 Å². The molecule has 1 aliphatic heterocycles. The van der Waals surface area contributed by atoms with Crippen molar-refractivity contribution >= 4 is 11.2 Å². The van der Waals surface area contributed by atoms with E-state index in [2.05, 4.69) is 15.0 Å². The Morgan fingerprint density at radius 3 is 3.12 bits per heavy atom. The van der Waals surface area contributed by atoms with E-state index in [1.807, 2.05) is 0 Å². The highest BCUT2D eigenvalue weighted by atomic mass is 16.5. The van der Waals surface area contributed by atoms with Crippen LogP contribution in [0.25, 0.3) is 11.2 Å². The van der Waals surface area contributed by atoms with Crippen LogP contribution in [-0.4, -0.2) is 48.5 Å². The number of rotatable bonds is 2. The molecule has 0 aliphatic carbocycles. The van der Waals surface area contributed by atoms with Gasteiger partial charge in [-0.2, -0.15) is 0 Å². The second-order valence-corrected chi connectivity index (χ2v) is 4.02. The van der Waals surface area contributed by atoms with E-state index in [9.17, 15) is 5.11 Å². The molecule has 0 saturated carbocycles. The highest BCUT2D eigenvalue weighted by Gasteiger charge is 2.35. The first-order valence-electron chi connectivity index (χ1n) is 5.36. The summed E-state index contributed by atoms with van der Waals surface area (Å²) >= 11 is 0. The molecular weight excluding hydrogens is 224 g/mol. The van der Waals surface area contributed by atoms with Gasteiger partial charge in [-0.1, -0.05) is 0 Å². The van der Waals surface area contributed by atoms with Gasteiger partial charge < -0.3 is 14.9 Å². The number of aromatic nitrogens is 4. The number of fused-ring (bicyclic) bond motifs is 1. The molecule has 2 N–H and O–H groups in total. The quantitative estimate of drug-likeness (QED) is 0.728. The summed E-state index contributed by atoms with van der Waals surface area (Å²) in [5.74, 6) is 0. The van der Waals surface area contributed by atoms with Crippen LogP contribution in [-0.2, 0) is 4.74 Å². The molecule has 90 valence electrons. The van der Waals surface area contributed by atoms with E-state index >= 15 is 0 Å². The lowest BCUT2D eigenvalue weighted by Crippen LogP contribution is -2.19. The maximum absolute atomic E-state index is 9.89. The molecule has 3 rings (SSSR count). The van der Waals surface area contributed by atoms with Gasteiger partial charge in [-0.3, -0.25) is 4.57 Å². The molecule has 0 spiro atoms. The number of aliphatic hydroxyl groups is 2. The Kier molecular flexibility index (Phi) is 2.50. The van der Waals surface area contributed by atoms with E-state index in [0.29, 0.717) is 17.6 Å². The summed E-state index contributed by atoms with van der Waals surface area (Å²) < 4.78 is 7.20. The van der Waals surface area contributed by atoms with Crippen LogP contribution in [0.5, 0.6) is 0 Å². The summed E-state index contributed by atoms with van der Waals surface area (Å²) in [6.45, 7) is -0.102. The second-order valence-electron chi connectivity index (χ2n) is 4.02. The third-order valence-corrected chi connectivity index (χ3v) is 2.88. The molecule has 17 heavy (non-hydrogen) atoms. The molecule has 7 nitrogen and oxygen atoms in total. The van der Waals surface area contributed by atoms with E-state index in [1.165, 1.54) is 6.33 Å². The van der Waals surface area contributed by atoms with Gasteiger partial charge in [-0.25, -0.2) is 15.0 Å². The van der Waals surface area contributed by atoms with Gasteiger partial charge in [0.2, 0.25) is 0 Å². The van der Waals surface area contributed by atoms with E-state index in [4.69, 9.17) is 9.84 Å². The van der Waals surface area contributed by atoms with Crippen LogP contribution in [0, 0.1) is 0 Å². The first kappa shape index (κ1) is 10.6. The fraction of sp³-hybridized carbons (Fsp3) is 0.500. The van der Waals surface area contributed by atoms with Crippen LogP contribution in [0.15, 0.2) is 18.9 Å². The molecule has 2 aromatic rings. The highest BCUT2D eigenvalue weighted by Crippen LogP contribution is 2.30. The van der Waals surface area contributed by atoms with Gasteiger partial charge in [0, 0.05) is 6.42 Å². The lowest BCUT2D eigenvalue weighted by atomic mass is 10.2. The van der Waals surface area contributed by atoms with Gasteiger partial charge >= 0.3 is 0 Å². The Labute approximate surface area is 96.7 Å². The summed E-state index contributed by atoms with van der Waals surface area (Å²) in [5.41, 5.74) is 1.26. The van der Waals surface area contributed by atoms with Crippen molar-refractivity contribution < 1.29 is 14.9 Å². The topological polar surface area (TPSA) is 93.3 Å². The summed E-state index contributed by atoms with van der Waals surface area (Å²) in [5, 5.41) is 18.9. The molecule has 0 amide bonds. The number of aliphatic hydroxyl groups excluding tert-OH is 2. The zero-order chi connectivity index (χ0) is 11.8. The fourth-order valence-electron chi connectivity index (χ4n) is 2.07. The SMILES string of the molecule is OC[C@@H]1C[C@H](O)[C@H](n2cnc3cncnc32)O1. The molecule has 1 fully saturated rings. The Hall–Kier alpha value is -1.57. The van der Waals surface area contributed by atoms with Gasteiger partial charge in [-0.15, -0.1) is 0 Å². The lowest BCUT2D eigenvalue weighted by Gasteiger charge is -2.16. The summed E-state index contributed by atoms with van der Waals surface area (Å²) in [4.78, 5) is 12.1. The average Bonchev–Trinajstić information content (AvgIpc) is 2.92. The zero-order valence-corrected chi connectivity index (χ0v) is 8.97. The minimum absolute atomic E-state index is 0.102. The summed E-state index contributed by atoms with van der Waals surface area (Å²) in [6.07, 6.45) is 3.44. The van der Waals surface area contributed by atoms with Gasteiger partial charge in [0.1, 0.15) is 17.9 Å². The monoisotopic (exact) mass is 236 g/mol. The zero-order valence-electron chi connectivity index (χ0n) is 8.97.